The van der Waals surface area contributed by atoms with Gasteiger partial charge in [0.1, 0.15) is 5.82 Å². The molecule has 1 unspecified atom stereocenters. The van der Waals surface area contributed by atoms with Crippen LogP contribution < -0.4 is 0 Å². The molecule has 0 amide bonds. The van der Waals surface area contributed by atoms with E-state index in [-0.39, 0.29) is 5.56 Å². The van der Waals surface area contributed by atoms with Crippen LogP contribution in [-0.2, 0) is 16.6 Å². The molecule has 0 saturated carbocycles. The van der Waals surface area contributed by atoms with Gasteiger partial charge in [-0.3, -0.25) is 4.21 Å². The normalized spacial score (nSPS) is 12.4. The molecule has 0 aliphatic carbocycles. The molecular formula is C12H14FNOS. The van der Waals surface area contributed by atoms with Crippen molar-refractivity contribution in [3.05, 3.63) is 35.1 Å². The minimum atomic E-state index is -0.996. The van der Waals surface area contributed by atoms with Crippen LogP contribution in [0.1, 0.15) is 25.0 Å². The third-order valence-electron chi connectivity index (χ3n) is 1.93. The molecule has 1 atom stereocenters. The highest BCUT2D eigenvalue weighted by Crippen LogP contribution is 2.11. The van der Waals surface area contributed by atoms with Gasteiger partial charge in [0, 0.05) is 22.3 Å². The molecule has 0 saturated heterocycles. The lowest BCUT2D eigenvalue weighted by atomic mass is 10.1. The first-order chi connectivity index (χ1) is 7.51. The molecule has 0 aliphatic rings. The Kier molecular flexibility index (Phi) is 4.63. The van der Waals surface area contributed by atoms with E-state index in [2.05, 4.69) is 0 Å². The lowest BCUT2D eigenvalue weighted by molar-refractivity contribution is 0.625. The topological polar surface area (TPSA) is 40.9 Å². The number of hydrogen-bond acceptors (Lipinski definition) is 2. The Morgan fingerprint density at radius 2 is 2.12 bits per heavy atom. The quantitative estimate of drug-likeness (QED) is 0.810. The second kappa shape index (κ2) is 5.76. The fraction of sp³-hybridized carbons (Fsp3) is 0.417. The van der Waals surface area contributed by atoms with E-state index in [9.17, 15) is 8.60 Å². The van der Waals surface area contributed by atoms with Crippen LogP contribution in [0.2, 0.25) is 0 Å². The Hall–Kier alpha value is -1.21. The second-order valence-electron chi connectivity index (χ2n) is 4.10. The SMILES string of the molecule is CC(C)CS(=O)Cc1cc(F)cc(C#N)c1. The van der Waals surface area contributed by atoms with Gasteiger partial charge < -0.3 is 0 Å². The van der Waals surface area contributed by atoms with Crippen molar-refractivity contribution >= 4 is 10.8 Å². The van der Waals surface area contributed by atoms with E-state index in [1.165, 1.54) is 12.1 Å². The number of halogens is 1. The Labute approximate surface area is 97.6 Å². The van der Waals surface area contributed by atoms with Crippen molar-refractivity contribution in [3.8, 4) is 6.07 Å². The van der Waals surface area contributed by atoms with Crippen LogP contribution in [0, 0.1) is 23.1 Å². The molecule has 4 heteroatoms. The van der Waals surface area contributed by atoms with E-state index >= 15 is 0 Å². The average molecular weight is 239 g/mol. The predicted octanol–water partition coefficient (Wildman–Crippen LogP) is 2.60. The fourth-order valence-electron chi connectivity index (χ4n) is 1.41. The zero-order valence-corrected chi connectivity index (χ0v) is 10.2. The van der Waals surface area contributed by atoms with Crippen LogP contribution >= 0.6 is 0 Å². The Balaban J connectivity index is 2.78. The zero-order valence-electron chi connectivity index (χ0n) is 9.37. The van der Waals surface area contributed by atoms with Gasteiger partial charge in [0.15, 0.2) is 0 Å². The maximum atomic E-state index is 13.1. The molecule has 0 heterocycles. The first-order valence-electron chi connectivity index (χ1n) is 5.06. The highest BCUT2D eigenvalue weighted by molar-refractivity contribution is 7.84. The van der Waals surface area contributed by atoms with E-state index in [1.807, 2.05) is 19.9 Å². The van der Waals surface area contributed by atoms with E-state index in [4.69, 9.17) is 5.26 Å². The number of benzene rings is 1. The summed E-state index contributed by atoms with van der Waals surface area (Å²) >= 11 is 0. The largest absolute Gasteiger partial charge is 0.259 e. The van der Waals surface area contributed by atoms with Crippen molar-refractivity contribution in [3.63, 3.8) is 0 Å². The zero-order chi connectivity index (χ0) is 12.1. The highest BCUT2D eigenvalue weighted by atomic mass is 32.2. The molecule has 16 heavy (non-hydrogen) atoms. The standard InChI is InChI=1S/C12H14FNOS/c1-9(2)7-16(15)8-11-3-10(6-14)4-12(13)5-11/h3-5,9H,7-8H2,1-2H3. The maximum Gasteiger partial charge on any atom is 0.124 e. The number of hydrogen-bond donors (Lipinski definition) is 0. The van der Waals surface area contributed by atoms with E-state index in [0.29, 0.717) is 23.0 Å². The van der Waals surface area contributed by atoms with Crippen LogP contribution in [-0.4, -0.2) is 9.96 Å². The third-order valence-corrected chi connectivity index (χ3v) is 3.63. The van der Waals surface area contributed by atoms with Crippen LogP contribution in [0.5, 0.6) is 0 Å². The van der Waals surface area contributed by atoms with Crippen LogP contribution in [0.25, 0.3) is 0 Å². The van der Waals surface area contributed by atoms with Gasteiger partial charge in [-0.1, -0.05) is 13.8 Å². The van der Waals surface area contributed by atoms with Gasteiger partial charge in [-0.15, -0.1) is 0 Å². The van der Waals surface area contributed by atoms with Gasteiger partial charge in [0.2, 0.25) is 0 Å². The molecule has 0 radical (unpaired) electrons. The minimum Gasteiger partial charge on any atom is -0.259 e. The second-order valence-corrected chi connectivity index (χ2v) is 5.61. The molecule has 0 N–H and O–H groups in total. The minimum absolute atomic E-state index is 0.275. The van der Waals surface area contributed by atoms with Crippen molar-refractivity contribution in [1.82, 2.24) is 0 Å². The van der Waals surface area contributed by atoms with Gasteiger partial charge in [-0.25, -0.2) is 4.39 Å². The summed E-state index contributed by atoms with van der Waals surface area (Å²) in [5.74, 6) is 0.809. The lowest BCUT2D eigenvalue weighted by Gasteiger charge is -2.05. The molecule has 1 aromatic carbocycles. The summed E-state index contributed by atoms with van der Waals surface area (Å²) < 4.78 is 24.7. The van der Waals surface area contributed by atoms with Gasteiger partial charge in [0.25, 0.3) is 0 Å². The smallest absolute Gasteiger partial charge is 0.124 e. The predicted molar refractivity (Wildman–Crippen MR) is 62.7 cm³/mol. The van der Waals surface area contributed by atoms with Gasteiger partial charge in [0.05, 0.1) is 11.6 Å². The summed E-state index contributed by atoms with van der Waals surface area (Å²) in [6.07, 6.45) is 0. The summed E-state index contributed by atoms with van der Waals surface area (Å²) in [5, 5.41) is 8.67. The van der Waals surface area contributed by atoms with E-state index in [0.717, 1.165) is 0 Å². The molecule has 0 spiro atoms. The summed E-state index contributed by atoms with van der Waals surface area (Å²) in [7, 11) is -0.996. The molecular weight excluding hydrogens is 225 g/mol. The van der Waals surface area contributed by atoms with Gasteiger partial charge in [-0.2, -0.15) is 5.26 Å². The molecule has 0 aliphatic heterocycles. The third kappa shape index (κ3) is 4.11. The summed E-state index contributed by atoms with van der Waals surface area (Å²) in [6.45, 7) is 3.98. The average Bonchev–Trinajstić information content (AvgIpc) is 2.14. The number of nitriles is 1. The Morgan fingerprint density at radius 3 is 2.69 bits per heavy atom. The summed E-state index contributed by atoms with van der Waals surface area (Å²) in [5.41, 5.74) is 0.895. The van der Waals surface area contributed by atoms with Crippen LogP contribution in [0.3, 0.4) is 0 Å². The van der Waals surface area contributed by atoms with Crippen molar-refractivity contribution < 1.29 is 8.60 Å². The lowest BCUT2D eigenvalue weighted by Crippen LogP contribution is -2.07. The number of nitrogens with zero attached hydrogens (tertiary/aromatic N) is 1. The van der Waals surface area contributed by atoms with E-state index < -0.39 is 16.6 Å². The first-order valence-corrected chi connectivity index (χ1v) is 6.54. The Morgan fingerprint density at radius 1 is 1.44 bits per heavy atom. The Bertz CT molecular complexity index is 437. The molecule has 2 nitrogen and oxygen atoms in total. The molecule has 86 valence electrons. The monoisotopic (exact) mass is 239 g/mol. The van der Waals surface area contributed by atoms with Crippen molar-refractivity contribution in [1.29, 1.82) is 5.26 Å². The van der Waals surface area contributed by atoms with Gasteiger partial charge >= 0.3 is 0 Å². The van der Waals surface area contributed by atoms with E-state index in [1.54, 1.807) is 6.07 Å². The summed E-state index contributed by atoms with van der Waals surface area (Å²) in [4.78, 5) is 0. The number of rotatable bonds is 4. The van der Waals surface area contributed by atoms with Crippen molar-refractivity contribution in [2.75, 3.05) is 5.75 Å². The maximum absolute atomic E-state index is 13.1. The fourth-order valence-corrected chi connectivity index (χ4v) is 2.81. The van der Waals surface area contributed by atoms with Crippen molar-refractivity contribution in [2.45, 2.75) is 19.6 Å². The molecule has 1 aromatic rings. The molecule has 0 aromatic heterocycles. The highest BCUT2D eigenvalue weighted by Gasteiger charge is 2.07. The summed E-state index contributed by atoms with van der Waals surface area (Å²) in [6, 6.07) is 5.98. The molecule has 1 rings (SSSR count). The van der Waals surface area contributed by atoms with Crippen molar-refractivity contribution in [2.24, 2.45) is 5.92 Å². The van der Waals surface area contributed by atoms with Gasteiger partial charge in [-0.05, 0) is 29.7 Å². The molecule has 0 fully saturated rings. The first kappa shape index (κ1) is 12.9. The van der Waals surface area contributed by atoms with Crippen LogP contribution in [0.4, 0.5) is 4.39 Å². The molecule has 0 bridgehead atoms. The van der Waals surface area contributed by atoms with Crippen LogP contribution in [0.15, 0.2) is 18.2 Å².